The Bertz CT molecular complexity index is 414. The second-order valence-corrected chi connectivity index (χ2v) is 7.37. The molecule has 1 aliphatic heterocycles. The number of carbonyl (C=O) groups excluding carboxylic acids is 1. The Hall–Kier alpha value is -1.05. The number of allylic oxidation sites excluding steroid dienone is 2. The van der Waals surface area contributed by atoms with Gasteiger partial charge in [-0.25, -0.2) is 0 Å². The molecule has 2 heteroatoms. The van der Waals surface area contributed by atoms with E-state index < -0.39 is 0 Å². The second kappa shape index (κ2) is 6.15. The van der Waals surface area contributed by atoms with Crippen LogP contribution in [0.2, 0.25) is 0 Å². The molecule has 1 aliphatic carbocycles. The summed E-state index contributed by atoms with van der Waals surface area (Å²) in [6.07, 6.45) is 9.76. The first-order chi connectivity index (χ1) is 9.39. The van der Waals surface area contributed by atoms with Crippen molar-refractivity contribution in [3.63, 3.8) is 0 Å². The summed E-state index contributed by atoms with van der Waals surface area (Å²) in [5, 5.41) is 0. The van der Waals surface area contributed by atoms with E-state index in [1.807, 2.05) is 4.90 Å². The first-order valence-electron chi connectivity index (χ1n) is 8.08. The summed E-state index contributed by atoms with van der Waals surface area (Å²) in [5.74, 6) is 1.02. The molecule has 2 rings (SSSR count). The Labute approximate surface area is 123 Å². The SMILES string of the molecule is C=C(C1=CCC(C(C)(C)C)CC1)N1CCCCCC1=O. The van der Waals surface area contributed by atoms with Gasteiger partial charge in [0.05, 0.1) is 0 Å². The molecule has 1 atom stereocenters. The maximum atomic E-state index is 12.2. The van der Waals surface area contributed by atoms with Crippen LogP contribution in [0.25, 0.3) is 0 Å². The molecule has 1 saturated heterocycles. The summed E-state index contributed by atoms with van der Waals surface area (Å²) in [4.78, 5) is 14.1. The fraction of sp³-hybridized carbons (Fsp3) is 0.722. The van der Waals surface area contributed by atoms with E-state index in [0.29, 0.717) is 11.8 Å². The maximum absolute atomic E-state index is 12.2. The van der Waals surface area contributed by atoms with Gasteiger partial charge in [0.1, 0.15) is 0 Å². The van der Waals surface area contributed by atoms with E-state index >= 15 is 0 Å². The first-order valence-corrected chi connectivity index (χ1v) is 8.08. The van der Waals surface area contributed by atoms with Crippen LogP contribution in [0.5, 0.6) is 0 Å². The molecule has 1 fully saturated rings. The van der Waals surface area contributed by atoms with Crippen molar-refractivity contribution < 1.29 is 4.79 Å². The topological polar surface area (TPSA) is 20.3 Å². The predicted octanol–water partition coefficient (Wildman–Crippen LogP) is 4.68. The van der Waals surface area contributed by atoms with Crippen molar-refractivity contribution >= 4 is 5.91 Å². The highest BCUT2D eigenvalue weighted by atomic mass is 16.2. The van der Waals surface area contributed by atoms with Crippen LogP contribution < -0.4 is 0 Å². The molecule has 112 valence electrons. The van der Waals surface area contributed by atoms with Gasteiger partial charge in [-0.1, -0.05) is 39.8 Å². The Morgan fingerprint density at radius 3 is 2.60 bits per heavy atom. The monoisotopic (exact) mass is 275 g/mol. The highest BCUT2D eigenvalue weighted by Crippen LogP contribution is 2.39. The van der Waals surface area contributed by atoms with Gasteiger partial charge in [0.25, 0.3) is 0 Å². The van der Waals surface area contributed by atoms with Crippen LogP contribution in [0.1, 0.15) is 65.7 Å². The fourth-order valence-corrected chi connectivity index (χ4v) is 3.32. The Kier molecular flexibility index (Phi) is 4.72. The summed E-state index contributed by atoms with van der Waals surface area (Å²) >= 11 is 0. The molecular weight excluding hydrogens is 246 g/mol. The lowest BCUT2D eigenvalue weighted by molar-refractivity contribution is -0.128. The van der Waals surface area contributed by atoms with Gasteiger partial charge in [-0.05, 0) is 49.0 Å². The molecule has 2 nitrogen and oxygen atoms in total. The third-order valence-corrected chi connectivity index (χ3v) is 4.91. The van der Waals surface area contributed by atoms with Gasteiger partial charge in [-0.2, -0.15) is 0 Å². The number of hydrogen-bond acceptors (Lipinski definition) is 1. The van der Waals surface area contributed by atoms with Crippen LogP contribution in [0.15, 0.2) is 23.9 Å². The van der Waals surface area contributed by atoms with Gasteiger partial charge < -0.3 is 4.90 Å². The lowest BCUT2D eigenvalue weighted by atomic mass is 9.73. The summed E-state index contributed by atoms with van der Waals surface area (Å²) in [6, 6.07) is 0. The fourth-order valence-electron chi connectivity index (χ4n) is 3.32. The zero-order chi connectivity index (χ0) is 14.8. The van der Waals surface area contributed by atoms with Crippen molar-refractivity contribution in [2.24, 2.45) is 11.3 Å². The number of rotatable bonds is 2. The molecule has 1 unspecified atom stereocenters. The molecule has 0 saturated carbocycles. The van der Waals surface area contributed by atoms with Gasteiger partial charge in [-0.15, -0.1) is 0 Å². The number of hydrogen-bond donors (Lipinski definition) is 0. The number of amides is 1. The summed E-state index contributed by atoms with van der Waals surface area (Å²) in [6.45, 7) is 12.0. The summed E-state index contributed by atoms with van der Waals surface area (Å²) in [7, 11) is 0. The Balaban J connectivity index is 2.03. The highest BCUT2D eigenvalue weighted by Gasteiger charge is 2.28. The van der Waals surface area contributed by atoms with E-state index in [1.165, 1.54) is 18.4 Å². The van der Waals surface area contributed by atoms with E-state index in [2.05, 4.69) is 33.4 Å². The first kappa shape index (κ1) is 15.3. The zero-order valence-corrected chi connectivity index (χ0v) is 13.4. The molecule has 0 radical (unpaired) electrons. The third-order valence-electron chi connectivity index (χ3n) is 4.91. The minimum atomic E-state index is 0.270. The van der Waals surface area contributed by atoms with E-state index in [9.17, 15) is 4.79 Å². The Morgan fingerprint density at radius 2 is 2.00 bits per heavy atom. The molecule has 2 aliphatic rings. The molecule has 1 amide bonds. The van der Waals surface area contributed by atoms with Crippen molar-refractivity contribution in [3.05, 3.63) is 23.9 Å². The maximum Gasteiger partial charge on any atom is 0.226 e. The van der Waals surface area contributed by atoms with Gasteiger partial charge in [0.15, 0.2) is 0 Å². The van der Waals surface area contributed by atoms with Crippen LogP contribution in [-0.2, 0) is 4.79 Å². The number of carbonyl (C=O) groups is 1. The number of likely N-dealkylation sites (tertiary alicyclic amines) is 1. The van der Waals surface area contributed by atoms with Crippen LogP contribution in [0.3, 0.4) is 0 Å². The molecule has 0 N–H and O–H groups in total. The predicted molar refractivity (Wildman–Crippen MR) is 84.2 cm³/mol. The number of nitrogens with zero attached hydrogens (tertiary/aromatic N) is 1. The Morgan fingerprint density at radius 1 is 1.25 bits per heavy atom. The van der Waals surface area contributed by atoms with Gasteiger partial charge in [0.2, 0.25) is 5.91 Å². The average molecular weight is 275 g/mol. The molecule has 20 heavy (non-hydrogen) atoms. The van der Waals surface area contributed by atoms with Crippen molar-refractivity contribution in [1.82, 2.24) is 4.90 Å². The van der Waals surface area contributed by atoms with Crippen LogP contribution in [0.4, 0.5) is 0 Å². The van der Waals surface area contributed by atoms with Crippen molar-refractivity contribution in [2.75, 3.05) is 6.54 Å². The molecule has 0 spiro atoms. The minimum absolute atomic E-state index is 0.270. The van der Waals surface area contributed by atoms with Crippen LogP contribution in [0, 0.1) is 11.3 Å². The smallest absolute Gasteiger partial charge is 0.226 e. The second-order valence-electron chi connectivity index (χ2n) is 7.37. The molecule has 0 aromatic heterocycles. The summed E-state index contributed by atoms with van der Waals surface area (Å²) in [5.41, 5.74) is 2.66. The van der Waals surface area contributed by atoms with Crippen LogP contribution >= 0.6 is 0 Å². The molecular formula is C18H29NO. The molecule has 0 bridgehead atoms. The third kappa shape index (κ3) is 3.53. The van der Waals surface area contributed by atoms with Gasteiger partial charge in [0, 0.05) is 18.7 Å². The molecule has 0 aromatic carbocycles. The van der Waals surface area contributed by atoms with Gasteiger partial charge >= 0.3 is 0 Å². The average Bonchev–Trinajstić information content (AvgIpc) is 2.62. The van der Waals surface area contributed by atoms with E-state index in [-0.39, 0.29) is 5.91 Å². The quantitative estimate of drug-likeness (QED) is 0.717. The molecule has 1 heterocycles. The lowest BCUT2D eigenvalue weighted by Crippen LogP contribution is -2.31. The minimum Gasteiger partial charge on any atom is -0.313 e. The van der Waals surface area contributed by atoms with Crippen molar-refractivity contribution in [3.8, 4) is 0 Å². The van der Waals surface area contributed by atoms with Gasteiger partial charge in [-0.3, -0.25) is 4.79 Å². The standard InChI is InChI=1S/C18H29NO/c1-14(19-13-7-5-6-8-17(19)20)15-9-11-16(12-10-15)18(2,3)4/h9,16H,1,5-8,10-13H2,2-4H3. The van der Waals surface area contributed by atoms with Crippen LogP contribution in [-0.4, -0.2) is 17.4 Å². The van der Waals surface area contributed by atoms with E-state index in [4.69, 9.17) is 0 Å². The van der Waals surface area contributed by atoms with E-state index in [0.717, 1.165) is 43.8 Å². The zero-order valence-electron chi connectivity index (χ0n) is 13.4. The van der Waals surface area contributed by atoms with E-state index in [1.54, 1.807) is 0 Å². The van der Waals surface area contributed by atoms with Crippen molar-refractivity contribution in [2.45, 2.75) is 65.7 Å². The molecule has 0 aromatic rings. The van der Waals surface area contributed by atoms with Crippen molar-refractivity contribution in [1.29, 1.82) is 0 Å². The largest absolute Gasteiger partial charge is 0.313 e. The normalized spacial score (nSPS) is 25.1. The highest BCUT2D eigenvalue weighted by molar-refractivity contribution is 5.79. The summed E-state index contributed by atoms with van der Waals surface area (Å²) < 4.78 is 0. The lowest BCUT2D eigenvalue weighted by Gasteiger charge is -2.35.